The van der Waals surface area contributed by atoms with Crippen LogP contribution in [-0.2, 0) is 17.9 Å². The number of nitrogen functional groups attached to an aromatic ring is 1. The molecule has 0 spiro atoms. The first-order valence-corrected chi connectivity index (χ1v) is 11.2. The number of nitrogens with two attached hydrogens (primary N) is 1. The zero-order chi connectivity index (χ0) is 23.1. The number of hydrogen-bond donors (Lipinski definition) is 1. The summed E-state index contributed by atoms with van der Waals surface area (Å²) >= 11 is 0. The molecule has 7 nitrogen and oxygen atoms in total. The minimum atomic E-state index is -0.277. The van der Waals surface area contributed by atoms with E-state index in [0.29, 0.717) is 37.0 Å². The first-order valence-electron chi connectivity index (χ1n) is 11.2. The molecular weight excluding hydrogens is 419 g/mol. The van der Waals surface area contributed by atoms with Crippen LogP contribution in [0.4, 0.5) is 10.2 Å². The second-order valence-electron chi connectivity index (χ2n) is 8.45. The highest BCUT2D eigenvalue weighted by molar-refractivity contribution is 5.91. The summed E-state index contributed by atoms with van der Waals surface area (Å²) in [5, 5.41) is 4.66. The van der Waals surface area contributed by atoms with Crippen LogP contribution in [0.3, 0.4) is 0 Å². The molecule has 0 bridgehead atoms. The molecule has 0 aliphatic heterocycles. The van der Waals surface area contributed by atoms with E-state index in [-0.39, 0.29) is 5.82 Å². The molecule has 1 aliphatic rings. The number of fused-ring (bicyclic) bond motifs is 3. The molecule has 3 heterocycles. The summed E-state index contributed by atoms with van der Waals surface area (Å²) in [6, 6.07) is 8.39. The number of hydrogen-bond acceptors (Lipinski definition) is 5. The Hall–Kier alpha value is -3.52. The number of nitrogens with zero attached hydrogens (tertiary/aromatic N) is 5. The maximum Gasteiger partial charge on any atom is 0.152 e. The van der Waals surface area contributed by atoms with Crippen LogP contribution in [-0.4, -0.2) is 30.9 Å². The molecule has 0 fully saturated rings. The average Bonchev–Trinajstić information content (AvgIpc) is 3.34. The summed E-state index contributed by atoms with van der Waals surface area (Å²) < 4.78 is 23.3. The minimum Gasteiger partial charge on any atom is -0.382 e. The van der Waals surface area contributed by atoms with Gasteiger partial charge in [-0.1, -0.05) is 13.0 Å². The molecule has 5 rings (SSSR count). The monoisotopic (exact) mass is 446 g/mol. The molecule has 1 aromatic carbocycles. The van der Waals surface area contributed by atoms with Crippen molar-refractivity contribution in [2.75, 3.05) is 12.3 Å². The summed E-state index contributed by atoms with van der Waals surface area (Å²) in [7, 11) is 0. The molecule has 33 heavy (non-hydrogen) atoms. The van der Waals surface area contributed by atoms with Gasteiger partial charge in [-0.15, -0.1) is 0 Å². The molecule has 0 amide bonds. The summed E-state index contributed by atoms with van der Waals surface area (Å²) in [4.78, 5) is 9.49. The van der Waals surface area contributed by atoms with Gasteiger partial charge >= 0.3 is 0 Å². The SMILES string of the molecule is CCOCc1nc2c(N)nc3c(c2n1Cc1cc(C)nn1-c1ccc(F)cc1)C(C)CC=C3. The molecule has 3 aromatic heterocycles. The molecule has 1 atom stereocenters. The predicted molar refractivity (Wildman–Crippen MR) is 127 cm³/mol. The number of allylic oxidation sites excluding steroid dienone is 1. The van der Waals surface area contributed by atoms with Crippen LogP contribution < -0.4 is 5.73 Å². The van der Waals surface area contributed by atoms with Gasteiger partial charge in [0.1, 0.15) is 23.8 Å². The van der Waals surface area contributed by atoms with Crippen LogP contribution in [0.5, 0.6) is 0 Å². The number of aromatic nitrogens is 5. The Morgan fingerprint density at radius 3 is 2.76 bits per heavy atom. The smallest absolute Gasteiger partial charge is 0.152 e. The maximum atomic E-state index is 13.5. The lowest BCUT2D eigenvalue weighted by Crippen LogP contribution is -2.13. The van der Waals surface area contributed by atoms with E-state index < -0.39 is 0 Å². The second-order valence-corrected chi connectivity index (χ2v) is 8.45. The minimum absolute atomic E-state index is 0.277. The van der Waals surface area contributed by atoms with Gasteiger partial charge < -0.3 is 15.0 Å². The van der Waals surface area contributed by atoms with Crippen molar-refractivity contribution < 1.29 is 9.13 Å². The van der Waals surface area contributed by atoms with E-state index in [4.69, 9.17) is 15.5 Å². The number of anilines is 1. The Morgan fingerprint density at radius 2 is 2.00 bits per heavy atom. The molecule has 2 N–H and O–H groups in total. The van der Waals surface area contributed by atoms with Crippen molar-refractivity contribution >= 4 is 22.9 Å². The van der Waals surface area contributed by atoms with E-state index in [2.05, 4.69) is 27.6 Å². The lowest BCUT2D eigenvalue weighted by Gasteiger charge is -2.20. The molecule has 0 saturated carbocycles. The van der Waals surface area contributed by atoms with Gasteiger partial charge in [0, 0.05) is 12.2 Å². The Kier molecular flexibility index (Phi) is 5.46. The van der Waals surface area contributed by atoms with E-state index in [1.165, 1.54) is 12.1 Å². The van der Waals surface area contributed by atoms with E-state index in [0.717, 1.165) is 46.1 Å². The molecule has 1 aliphatic carbocycles. The van der Waals surface area contributed by atoms with Gasteiger partial charge in [-0.25, -0.2) is 19.0 Å². The van der Waals surface area contributed by atoms with Crippen molar-refractivity contribution in [3.8, 4) is 5.69 Å². The fourth-order valence-corrected chi connectivity index (χ4v) is 4.54. The van der Waals surface area contributed by atoms with E-state index in [1.807, 2.05) is 30.7 Å². The Morgan fingerprint density at radius 1 is 1.21 bits per heavy atom. The van der Waals surface area contributed by atoms with Crippen LogP contribution in [0.1, 0.15) is 54.7 Å². The number of halogens is 1. The van der Waals surface area contributed by atoms with Gasteiger partial charge in [-0.3, -0.25) is 0 Å². The third-order valence-corrected chi connectivity index (χ3v) is 6.05. The first-order chi connectivity index (χ1) is 16.0. The van der Waals surface area contributed by atoms with Crippen LogP contribution in [0.25, 0.3) is 22.8 Å². The fraction of sp³-hybridized carbons (Fsp3) is 0.320. The predicted octanol–water partition coefficient (Wildman–Crippen LogP) is 4.75. The number of ether oxygens (including phenoxy) is 1. The van der Waals surface area contributed by atoms with Gasteiger partial charge in [-0.05, 0) is 62.6 Å². The van der Waals surface area contributed by atoms with Crippen LogP contribution in [0, 0.1) is 12.7 Å². The highest BCUT2D eigenvalue weighted by Crippen LogP contribution is 2.37. The summed E-state index contributed by atoms with van der Waals surface area (Å²) in [5.41, 5.74) is 12.7. The summed E-state index contributed by atoms with van der Waals surface area (Å²) in [5.74, 6) is 1.22. The average molecular weight is 447 g/mol. The second kappa shape index (κ2) is 8.44. The van der Waals surface area contributed by atoms with Crippen molar-refractivity contribution in [2.45, 2.75) is 46.3 Å². The van der Waals surface area contributed by atoms with E-state index in [9.17, 15) is 4.39 Å². The molecular formula is C25H27FN6O. The number of aryl methyl sites for hydroxylation is 1. The Labute approximate surface area is 191 Å². The van der Waals surface area contributed by atoms with Gasteiger partial charge in [-0.2, -0.15) is 5.10 Å². The Balaban J connectivity index is 1.71. The fourth-order valence-electron chi connectivity index (χ4n) is 4.54. The summed E-state index contributed by atoms with van der Waals surface area (Å²) in [6.07, 6.45) is 5.12. The highest BCUT2D eigenvalue weighted by Gasteiger charge is 2.25. The molecule has 1 unspecified atom stereocenters. The zero-order valence-corrected chi connectivity index (χ0v) is 19.0. The van der Waals surface area contributed by atoms with E-state index in [1.54, 1.807) is 12.1 Å². The zero-order valence-electron chi connectivity index (χ0n) is 19.0. The van der Waals surface area contributed by atoms with Crippen LogP contribution in [0.15, 0.2) is 36.4 Å². The van der Waals surface area contributed by atoms with Crippen LogP contribution in [0.2, 0.25) is 0 Å². The number of rotatable bonds is 6. The number of imidazole rings is 1. The largest absolute Gasteiger partial charge is 0.382 e. The van der Waals surface area contributed by atoms with Gasteiger partial charge in [0.25, 0.3) is 0 Å². The number of benzene rings is 1. The molecule has 0 saturated heterocycles. The van der Waals surface area contributed by atoms with Crippen molar-refractivity contribution in [3.63, 3.8) is 0 Å². The summed E-state index contributed by atoms with van der Waals surface area (Å²) in [6.45, 7) is 7.58. The van der Waals surface area contributed by atoms with Gasteiger partial charge in [0.2, 0.25) is 0 Å². The van der Waals surface area contributed by atoms with Crippen molar-refractivity contribution in [3.05, 3.63) is 70.7 Å². The van der Waals surface area contributed by atoms with Crippen LogP contribution >= 0.6 is 0 Å². The molecule has 4 aromatic rings. The Bertz CT molecular complexity index is 1350. The van der Waals surface area contributed by atoms with Crippen molar-refractivity contribution in [1.82, 2.24) is 24.3 Å². The molecule has 8 heteroatoms. The van der Waals surface area contributed by atoms with Gasteiger partial charge in [0.15, 0.2) is 5.82 Å². The standard InChI is InChI=1S/C25H27FN6O/c1-4-33-14-21-29-23-24(22-15(2)6-5-7-20(22)28-25(23)27)31(21)13-19-12-16(3)30-32(19)18-10-8-17(26)9-11-18/h5,7-12,15H,4,6,13-14H2,1-3H3,(H2,27,28). The topological polar surface area (TPSA) is 83.8 Å². The number of pyridine rings is 1. The molecule has 0 radical (unpaired) electrons. The lowest BCUT2D eigenvalue weighted by atomic mass is 9.90. The maximum absolute atomic E-state index is 13.5. The first kappa shape index (κ1) is 21.3. The van der Waals surface area contributed by atoms with Crippen molar-refractivity contribution in [1.29, 1.82) is 0 Å². The normalized spacial score (nSPS) is 15.3. The van der Waals surface area contributed by atoms with E-state index >= 15 is 0 Å². The third kappa shape index (κ3) is 3.80. The third-order valence-electron chi connectivity index (χ3n) is 6.05. The lowest BCUT2D eigenvalue weighted by molar-refractivity contribution is 0.126. The van der Waals surface area contributed by atoms with Crippen molar-refractivity contribution in [2.24, 2.45) is 0 Å². The quantitative estimate of drug-likeness (QED) is 0.462. The molecule has 170 valence electrons. The van der Waals surface area contributed by atoms with Gasteiger partial charge in [0.05, 0.1) is 34.8 Å². The highest BCUT2D eigenvalue weighted by atomic mass is 19.1.